The highest BCUT2D eigenvalue weighted by atomic mass is 16.5. The second-order valence-electron chi connectivity index (χ2n) is 4.18. The number of aliphatic carboxylic acids is 1. The number of carboxylic acid groups (broad SMARTS) is 1. The van der Waals surface area contributed by atoms with Crippen molar-refractivity contribution in [2.45, 2.75) is 45.3 Å². The molecule has 1 aliphatic rings. The molecule has 0 spiro atoms. The molecule has 0 aromatic carbocycles. The number of carbonyl (C=O) groups is 2. The first-order chi connectivity index (χ1) is 7.54. The Hall–Kier alpha value is -1.10. The fraction of sp³-hybridized carbons (Fsp3) is 0.818. The maximum absolute atomic E-state index is 11.7. The van der Waals surface area contributed by atoms with Crippen molar-refractivity contribution < 1.29 is 19.4 Å². The minimum absolute atomic E-state index is 0.0151. The quantitative estimate of drug-likeness (QED) is 0.703. The van der Waals surface area contributed by atoms with Crippen molar-refractivity contribution in [3.05, 3.63) is 0 Å². The van der Waals surface area contributed by atoms with E-state index in [4.69, 9.17) is 9.84 Å². The van der Waals surface area contributed by atoms with Gasteiger partial charge in [-0.25, -0.2) is 0 Å². The van der Waals surface area contributed by atoms with Gasteiger partial charge in [-0.3, -0.25) is 9.59 Å². The fourth-order valence-corrected chi connectivity index (χ4v) is 1.37. The van der Waals surface area contributed by atoms with E-state index >= 15 is 0 Å². The number of carboxylic acids is 1. The van der Waals surface area contributed by atoms with E-state index in [1.165, 1.54) is 4.90 Å². The summed E-state index contributed by atoms with van der Waals surface area (Å²) in [5, 5.41) is 8.70. The Morgan fingerprint density at radius 1 is 1.50 bits per heavy atom. The lowest BCUT2D eigenvalue weighted by atomic mass is 10.3. The normalized spacial score (nSPS) is 16.9. The summed E-state index contributed by atoms with van der Waals surface area (Å²) in [6, 6.07) is 0.115. The van der Waals surface area contributed by atoms with Crippen LogP contribution in [0.2, 0.25) is 0 Å². The minimum atomic E-state index is -0.969. The van der Waals surface area contributed by atoms with Crippen molar-refractivity contribution >= 4 is 11.9 Å². The van der Waals surface area contributed by atoms with Gasteiger partial charge in [-0.1, -0.05) is 6.92 Å². The zero-order chi connectivity index (χ0) is 12.1. The SMILES string of the molecule is CCC(C)OCC(=O)N(CC(=O)O)C1CC1. The van der Waals surface area contributed by atoms with Gasteiger partial charge < -0.3 is 14.7 Å². The Morgan fingerprint density at radius 3 is 2.56 bits per heavy atom. The van der Waals surface area contributed by atoms with E-state index < -0.39 is 5.97 Å². The average Bonchev–Trinajstić information content (AvgIpc) is 3.05. The molecule has 0 aliphatic heterocycles. The lowest BCUT2D eigenvalue weighted by molar-refractivity contribution is -0.147. The number of amides is 1. The van der Waals surface area contributed by atoms with Crippen LogP contribution < -0.4 is 0 Å². The van der Waals surface area contributed by atoms with Crippen molar-refractivity contribution in [3.8, 4) is 0 Å². The van der Waals surface area contributed by atoms with Crippen molar-refractivity contribution in [1.82, 2.24) is 4.90 Å². The third-order valence-electron chi connectivity index (χ3n) is 2.68. The zero-order valence-corrected chi connectivity index (χ0v) is 9.81. The average molecular weight is 229 g/mol. The number of nitrogens with zero attached hydrogens (tertiary/aromatic N) is 1. The number of hydrogen-bond acceptors (Lipinski definition) is 3. The van der Waals surface area contributed by atoms with E-state index in [1.54, 1.807) is 0 Å². The molecule has 1 aliphatic carbocycles. The summed E-state index contributed by atoms with van der Waals surface area (Å²) in [5.74, 6) is -1.19. The van der Waals surface area contributed by atoms with Crippen LogP contribution in [0.4, 0.5) is 0 Å². The van der Waals surface area contributed by atoms with Crippen molar-refractivity contribution in [3.63, 3.8) is 0 Å². The van der Waals surface area contributed by atoms with Gasteiger partial charge in [-0.2, -0.15) is 0 Å². The molecule has 1 amide bonds. The maximum atomic E-state index is 11.7. The van der Waals surface area contributed by atoms with Crippen LogP contribution in [0, 0.1) is 0 Å². The summed E-state index contributed by atoms with van der Waals surface area (Å²) >= 11 is 0. The zero-order valence-electron chi connectivity index (χ0n) is 9.81. The van der Waals surface area contributed by atoms with Crippen LogP contribution >= 0.6 is 0 Å². The molecule has 1 saturated carbocycles. The molecule has 0 aromatic rings. The van der Waals surface area contributed by atoms with Gasteiger partial charge in [0.15, 0.2) is 0 Å². The van der Waals surface area contributed by atoms with E-state index in [-0.39, 0.29) is 31.2 Å². The Labute approximate surface area is 95.4 Å². The largest absolute Gasteiger partial charge is 0.480 e. The molecule has 5 nitrogen and oxygen atoms in total. The highest BCUT2D eigenvalue weighted by molar-refractivity contribution is 5.82. The van der Waals surface area contributed by atoms with Gasteiger partial charge in [0.2, 0.25) is 5.91 Å². The summed E-state index contributed by atoms with van der Waals surface area (Å²) in [6.07, 6.45) is 2.69. The fourth-order valence-electron chi connectivity index (χ4n) is 1.37. The van der Waals surface area contributed by atoms with E-state index in [2.05, 4.69) is 0 Å². The van der Waals surface area contributed by atoms with Gasteiger partial charge in [-0.15, -0.1) is 0 Å². The number of carbonyl (C=O) groups excluding carboxylic acids is 1. The Kier molecular flexibility index (Phi) is 4.73. The first-order valence-corrected chi connectivity index (χ1v) is 5.67. The van der Waals surface area contributed by atoms with Crippen LogP contribution in [0.5, 0.6) is 0 Å². The molecular formula is C11H19NO4. The van der Waals surface area contributed by atoms with Gasteiger partial charge in [0.25, 0.3) is 0 Å². The Balaban J connectivity index is 2.38. The summed E-state index contributed by atoms with van der Waals surface area (Å²) in [7, 11) is 0. The molecule has 0 aromatic heterocycles. The van der Waals surface area contributed by atoms with Crippen LogP contribution in [0.15, 0.2) is 0 Å². The summed E-state index contributed by atoms with van der Waals surface area (Å²) in [5.41, 5.74) is 0. The topological polar surface area (TPSA) is 66.8 Å². The van der Waals surface area contributed by atoms with E-state index in [9.17, 15) is 9.59 Å². The van der Waals surface area contributed by atoms with Crippen LogP contribution in [0.3, 0.4) is 0 Å². The van der Waals surface area contributed by atoms with Crippen LogP contribution in [0.25, 0.3) is 0 Å². The lowest BCUT2D eigenvalue weighted by Crippen LogP contribution is -2.40. The molecule has 0 bridgehead atoms. The van der Waals surface area contributed by atoms with Crippen molar-refractivity contribution in [2.24, 2.45) is 0 Å². The van der Waals surface area contributed by atoms with E-state index in [1.807, 2.05) is 13.8 Å². The number of hydrogen-bond donors (Lipinski definition) is 1. The predicted octanol–water partition coefficient (Wildman–Crippen LogP) is 0.877. The molecule has 92 valence electrons. The van der Waals surface area contributed by atoms with Gasteiger partial charge in [0.1, 0.15) is 13.2 Å². The van der Waals surface area contributed by atoms with Gasteiger partial charge >= 0.3 is 5.97 Å². The predicted molar refractivity (Wildman–Crippen MR) is 58.1 cm³/mol. The second-order valence-corrected chi connectivity index (χ2v) is 4.18. The first kappa shape index (κ1) is 13.0. The Bertz CT molecular complexity index is 263. The monoisotopic (exact) mass is 229 g/mol. The first-order valence-electron chi connectivity index (χ1n) is 5.67. The van der Waals surface area contributed by atoms with E-state index in [0.717, 1.165) is 19.3 Å². The smallest absolute Gasteiger partial charge is 0.323 e. The Morgan fingerprint density at radius 2 is 2.12 bits per heavy atom. The third kappa shape index (κ3) is 4.18. The van der Waals surface area contributed by atoms with Crippen LogP contribution in [-0.2, 0) is 14.3 Å². The standard InChI is InChI=1S/C11H19NO4/c1-3-8(2)16-7-10(13)12(6-11(14)15)9-4-5-9/h8-9H,3-7H2,1-2H3,(H,14,15). The molecule has 1 rings (SSSR count). The molecule has 16 heavy (non-hydrogen) atoms. The molecule has 1 atom stereocenters. The highest BCUT2D eigenvalue weighted by Gasteiger charge is 2.33. The van der Waals surface area contributed by atoms with Gasteiger partial charge in [0.05, 0.1) is 6.10 Å². The van der Waals surface area contributed by atoms with Gasteiger partial charge in [0, 0.05) is 6.04 Å². The summed E-state index contributed by atoms with van der Waals surface area (Å²) < 4.78 is 5.31. The van der Waals surface area contributed by atoms with Crippen LogP contribution in [0.1, 0.15) is 33.1 Å². The summed E-state index contributed by atoms with van der Waals surface area (Å²) in [6.45, 7) is 3.64. The minimum Gasteiger partial charge on any atom is -0.480 e. The van der Waals surface area contributed by atoms with Crippen molar-refractivity contribution in [2.75, 3.05) is 13.2 Å². The lowest BCUT2D eigenvalue weighted by Gasteiger charge is -2.21. The molecule has 1 fully saturated rings. The van der Waals surface area contributed by atoms with E-state index in [0.29, 0.717) is 0 Å². The molecule has 5 heteroatoms. The molecular weight excluding hydrogens is 210 g/mol. The van der Waals surface area contributed by atoms with Crippen LogP contribution in [-0.4, -0.2) is 47.2 Å². The number of rotatable bonds is 7. The van der Waals surface area contributed by atoms with Gasteiger partial charge in [-0.05, 0) is 26.2 Å². The molecule has 1 unspecified atom stereocenters. The number of ether oxygens (including phenoxy) is 1. The third-order valence-corrected chi connectivity index (χ3v) is 2.68. The summed E-state index contributed by atoms with van der Waals surface area (Å²) in [4.78, 5) is 23.7. The highest BCUT2D eigenvalue weighted by Crippen LogP contribution is 2.26. The molecule has 0 saturated heterocycles. The molecule has 1 N–H and O–H groups in total. The second kappa shape index (κ2) is 5.84. The van der Waals surface area contributed by atoms with Crippen molar-refractivity contribution in [1.29, 1.82) is 0 Å². The molecule has 0 heterocycles. The maximum Gasteiger partial charge on any atom is 0.323 e. The molecule has 0 radical (unpaired) electrons.